The zero-order valence-electron chi connectivity index (χ0n) is 18.9. The van der Waals surface area contributed by atoms with Crippen molar-refractivity contribution < 1.29 is 19.1 Å². The molecule has 0 spiro atoms. The van der Waals surface area contributed by atoms with Crippen molar-refractivity contribution in [3.05, 3.63) is 59.7 Å². The maximum Gasteiger partial charge on any atom is 0.298 e. The van der Waals surface area contributed by atoms with Crippen LogP contribution in [-0.4, -0.2) is 50.9 Å². The highest BCUT2D eigenvalue weighted by atomic mass is 16.5. The van der Waals surface area contributed by atoms with Crippen LogP contribution in [0.3, 0.4) is 0 Å². The third-order valence-electron chi connectivity index (χ3n) is 5.74. The molecule has 1 atom stereocenters. The minimum Gasteiger partial charge on any atom is -0.497 e. The second-order valence-electron chi connectivity index (χ2n) is 7.81. The number of primary amides is 1. The molecule has 1 aliphatic heterocycles. The van der Waals surface area contributed by atoms with Crippen LogP contribution in [0.5, 0.6) is 5.75 Å². The van der Waals surface area contributed by atoms with Gasteiger partial charge in [0.2, 0.25) is 0 Å². The summed E-state index contributed by atoms with van der Waals surface area (Å²) in [6.45, 7) is 0.466. The molecule has 35 heavy (non-hydrogen) atoms. The van der Waals surface area contributed by atoms with Gasteiger partial charge in [-0.1, -0.05) is 12.1 Å². The van der Waals surface area contributed by atoms with Gasteiger partial charge in [0.05, 0.1) is 13.2 Å². The SMILES string of the molecule is C#CC(=O)N1CCC[C@H]1c1nc(-c2ccc(C(=O)Nc3cc(OC)ccn3)cc2)c(C(N)=O)n1N. The summed E-state index contributed by atoms with van der Waals surface area (Å²) < 4.78 is 6.24. The number of hydrogen-bond acceptors (Lipinski definition) is 7. The van der Waals surface area contributed by atoms with Gasteiger partial charge in [-0.25, -0.2) is 14.6 Å². The Morgan fingerprint density at radius 1 is 1.23 bits per heavy atom. The van der Waals surface area contributed by atoms with Crippen LogP contribution in [-0.2, 0) is 4.79 Å². The number of ether oxygens (including phenoxy) is 1. The van der Waals surface area contributed by atoms with Gasteiger partial charge in [-0.15, -0.1) is 6.42 Å². The third kappa shape index (κ3) is 4.49. The lowest BCUT2D eigenvalue weighted by atomic mass is 10.1. The molecule has 4 rings (SSSR count). The molecule has 11 nitrogen and oxygen atoms in total. The number of benzene rings is 1. The van der Waals surface area contributed by atoms with E-state index in [0.29, 0.717) is 41.5 Å². The van der Waals surface area contributed by atoms with Crippen molar-refractivity contribution >= 4 is 23.5 Å². The Balaban J connectivity index is 1.63. The number of terminal acetylenes is 1. The smallest absolute Gasteiger partial charge is 0.298 e. The first kappa shape index (κ1) is 23.3. The molecule has 3 amide bonds. The van der Waals surface area contributed by atoms with Crippen LogP contribution in [0.2, 0.25) is 0 Å². The summed E-state index contributed by atoms with van der Waals surface area (Å²) >= 11 is 0. The van der Waals surface area contributed by atoms with Gasteiger partial charge in [0.25, 0.3) is 17.7 Å². The van der Waals surface area contributed by atoms with E-state index in [1.54, 1.807) is 36.4 Å². The number of likely N-dealkylation sites (tertiary alicyclic amines) is 1. The predicted molar refractivity (Wildman–Crippen MR) is 128 cm³/mol. The van der Waals surface area contributed by atoms with Crippen LogP contribution in [0.25, 0.3) is 11.3 Å². The number of nitrogens with one attached hydrogen (secondary N) is 1. The average Bonchev–Trinajstić information content (AvgIpc) is 3.48. The fourth-order valence-electron chi connectivity index (χ4n) is 4.06. The van der Waals surface area contributed by atoms with Crippen molar-refractivity contribution in [2.45, 2.75) is 18.9 Å². The Hall–Kier alpha value is -4.85. The number of anilines is 1. The summed E-state index contributed by atoms with van der Waals surface area (Å²) in [5.74, 6) is 7.87. The zero-order valence-corrected chi connectivity index (χ0v) is 18.9. The van der Waals surface area contributed by atoms with Crippen molar-refractivity contribution in [3.63, 3.8) is 0 Å². The molecular weight excluding hydrogens is 450 g/mol. The summed E-state index contributed by atoms with van der Waals surface area (Å²) in [4.78, 5) is 47.2. The highest BCUT2D eigenvalue weighted by Gasteiger charge is 2.35. The number of aromatic nitrogens is 3. The number of nitrogens with two attached hydrogens (primary N) is 2. The quantitative estimate of drug-likeness (QED) is 0.360. The van der Waals surface area contributed by atoms with Crippen LogP contribution < -0.4 is 21.6 Å². The highest BCUT2D eigenvalue weighted by Crippen LogP contribution is 2.34. The monoisotopic (exact) mass is 473 g/mol. The highest BCUT2D eigenvalue weighted by molar-refractivity contribution is 6.04. The zero-order chi connectivity index (χ0) is 25.1. The van der Waals surface area contributed by atoms with E-state index in [2.05, 4.69) is 21.2 Å². The van der Waals surface area contributed by atoms with Gasteiger partial charge >= 0.3 is 0 Å². The fraction of sp³-hybridized carbons (Fsp3) is 0.208. The molecule has 11 heteroatoms. The minimum absolute atomic E-state index is 0.0159. The summed E-state index contributed by atoms with van der Waals surface area (Å²) in [6.07, 6.45) is 8.12. The lowest BCUT2D eigenvalue weighted by molar-refractivity contribution is -0.126. The van der Waals surface area contributed by atoms with Gasteiger partial charge in [-0.2, -0.15) is 0 Å². The van der Waals surface area contributed by atoms with Crippen molar-refractivity contribution in [2.24, 2.45) is 5.73 Å². The minimum atomic E-state index is -0.778. The standard InChI is InChI=1S/C24H23N7O4/c1-3-19(32)30-12-4-5-17(30)23-29-20(21(22(25)33)31(23)26)14-6-8-15(9-7-14)24(34)28-18-13-16(35-2)10-11-27-18/h1,6-11,13,17H,4-5,12,26H2,2H3,(H2,25,33)(H,27,28,34)/t17-/m0/s1. The number of carbonyl (C=O) groups excluding carboxylic acids is 3. The van der Waals surface area contributed by atoms with E-state index >= 15 is 0 Å². The fourth-order valence-corrected chi connectivity index (χ4v) is 4.06. The predicted octanol–water partition coefficient (Wildman–Crippen LogP) is 1.32. The Labute approximate surface area is 201 Å². The molecule has 0 aliphatic carbocycles. The Morgan fingerprint density at radius 2 is 1.97 bits per heavy atom. The second kappa shape index (κ2) is 9.56. The molecule has 1 saturated heterocycles. The summed E-state index contributed by atoms with van der Waals surface area (Å²) in [6, 6.07) is 9.20. The van der Waals surface area contributed by atoms with Gasteiger partial charge in [0.1, 0.15) is 17.3 Å². The number of nitrogen functional groups attached to an aromatic ring is 1. The Kier molecular flexibility index (Phi) is 6.37. The lowest BCUT2D eigenvalue weighted by Gasteiger charge is -2.21. The van der Waals surface area contributed by atoms with Crippen LogP contribution >= 0.6 is 0 Å². The summed E-state index contributed by atoms with van der Waals surface area (Å²) in [5, 5.41) is 2.70. The van der Waals surface area contributed by atoms with E-state index in [-0.39, 0.29) is 17.3 Å². The van der Waals surface area contributed by atoms with Crippen LogP contribution in [0.15, 0.2) is 42.6 Å². The van der Waals surface area contributed by atoms with E-state index in [1.807, 2.05) is 0 Å². The number of hydrogen-bond donors (Lipinski definition) is 3. The molecule has 3 heterocycles. The van der Waals surface area contributed by atoms with E-state index in [1.165, 1.54) is 18.2 Å². The van der Waals surface area contributed by atoms with E-state index in [4.69, 9.17) is 22.7 Å². The number of rotatable bonds is 6. The van der Waals surface area contributed by atoms with Crippen LogP contribution in [0, 0.1) is 12.3 Å². The molecule has 0 radical (unpaired) electrons. The molecule has 0 saturated carbocycles. The molecule has 1 aromatic carbocycles. The molecule has 1 fully saturated rings. The number of imidazole rings is 1. The molecule has 3 aromatic rings. The molecule has 1 aliphatic rings. The third-order valence-corrected chi connectivity index (χ3v) is 5.74. The number of amides is 3. The summed E-state index contributed by atoms with van der Waals surface area (Å²) in [5.41, 5.74) is 6.71. The number of methoxy groups -OCH3 is 1. The first-order valence-corrected chi connectivity index (χ1v) is 10.7. The van der Waals surface area contributed by atoms with Crippen molar-refractivity contribution in [1.82, 2.24) is 19.5 Å². The van der Waals surface area contributed by atoms with Crippen LogP contribution in [0.4, 0.5) is 5.82 Å². The Morgan fingerprint density at radius 3 is 2.63 bits per heavy atom. The Bertz CT molecular complexity index is 1340. The van der Waals surface area contributed by atoms with Crippen molar-refractivity contribution in [1.29, 1.82) is 0 Å². The van der Waals surface area contributed by atoms with Gasteiger partial charge in [0, 0.05) is 29.9 Å². The van der Waals surface area contributed by atoms with E-state index in [0.717, 1.165) is 11.1 Å². The maximum absolute atomic E-state index is 12.6. The first-order valence-electron chi connectivity index (χ1n) is 10.7. The van der Waals surface area contributed by atoms with Gasteiger partial charge in [0.15, 0.2) is 11.5 Å². The van der Waals surface area contributed by atoms with Gasteiger partial charge in [-0.3, -0.25) is 14.4 Å². The molecule has 0 unspecified atom stereocenters. The second-order valence-corrected chi connectivity index (χ2v) is 7.81. The van der Waals surface area contributed by atoms with E-state index in [9.17, 15) is 14.4 Å². The number of nitrogens with zero attached hydrogens (tertiary/aromatic N) is 4. The normalized spacial score (nSPS) is 14.9. The van der Waals surface area contributed by atoms with Crippen LogP contribution in [0.1, 0.15) is 45.6 Å². The molecule has 5 N–H and O–H groups in total. The average molecular weight is 473 g/mol. The maximum atomic E-state index is 12.6. The van der Waals surface area contributed by atoms with E-state index < -0.39 is 17.9 Å². The topological polar surface area (TPSA) is 158 Å². The first-order chi connectivity index (χ1) is 16.8. The largest absolute Gasteiger partial charge is 0.497 e. The molecule has 178 valence electrons. The van der Waals surface area contributed by atoms with Crippen molar-refractivity contribution in [2.75, 3.05) is 24.8 Å². The number of pyridine rings is 1. The van der Waals surface area contributed by atoms with Gasteiger partial charge in [-0.05, 0) is 37.0 Å². The molecule has 2 aromatic heterocycles. The molecule has 0 bridgehead atoms. The van der Waals surface area contributed by atoms with Gasteiger partial charge < -0.3 is 26.5 Å². The van der Waals surface area contributed by atoms with Crippen molar-refractivity contribution in [3.8, 4) is 29.4 Å². The molecular formula is C24H23N7O4. The summed E-state index contributed by atoms with van der Waals surface area (Å²) in [7, 11) is 1.52. The lowest BCUT2D eigenvalue weighted by Crippen LogP contribution is -2.33. The number of carbonyl (C=O) groups is 3.